The summed E-state index contributed by atoms with van der Waals surface area (Å²) in [6.45, 7) is 7.25. The first kappa shape index (κ1) is 24.8. The van der Waals surface area contributed by atoms with Gasteiger partial charge in [0, 0.05) is 30.3 Å². The molecule has 0 saturated heterocycles. The summed E-state index contributed by atoms with van der Waals surface area (Å²) in [7, 11) is 1.52. The van der Waals surface area contributed by atoms with Gasteiger partial charge in [-0.15, -0.1) is 5.26 Å². The van der Waals surface area contributed by atoms with E-state index in [-0.39, 0.29) is 28.3 Å². The number of aryl methyl sites for hydroxylation is 1. The summed E-state index contributed by atoms with van der Waals surface area (Å²) in [5.41, 5.74) is 1.49. The fourth-order valence-electron chi connectivity index (χ4n) is 3.64. The number of halogens is 1. The van der Waals surface area contributed by atoms with Crippen LogP contribution in [0.15, 0.2) is 23.2 Å². The summed E-state index contributed by atoms with van der Waals surface area (Å²) < 4.78 is 49.5. The molecule has 0 aliphatic rings. The Morgan fingerprint density at radius 3 is 2.39 bits per heavy atom. The maximum absolute atomic E-state index is 14.2. The molecular weight excluding hydrogens is 421 g/mol. The molecule has 2 aromatic rings. The molecule has 1 N–H and O–H groups in total. The molecule has 0 aliphatic carbocycles. The average molecular weight is 452 g/mol. The van der Waals surface area contributed by atoms with E-state index in [1.165, 1.54) is 12.1 Å². The number of benzene rings is 1. The van der Waals surface area contributed by atoms with Crippen molar-refractivity contribution >= 4 is 10.0 Å². The molecule has 31 heavy (non-hydrogen) atoms. The highest BCUT2D eigenvalue weighted by molar-refractivity contribution is 7.89. The quantitative estimate of drug-likeness (QED) is 0.585. The lowest BCUT2D eigenvalue weighted by molar-refractivity contribution is 0.279. The van der Waals surface area contributed by atoms with Gasteiger partial charge in [-0.1, -0.05) is 20.8 Å². The van der Waals surface area contributed by atoms with E-state index < -0.39 is 21.9 Å². The second kappa shape index (κ2) is 9.77. The fraction of sp³-hybridized carbons (Fsp3) is 0.524. The third-order valence-electron chi connectivity index (χ3n) is 5.20. The van der Waals surface area contributed by atoms with Gasteiger partial charge in [0.15, 0.2) is 10.8 Å². The number of rotatable bonds is 9. The highest BCUT2D eigenvalue weighted by Crippen LogP contribution is 2.35. The Bertz CT molecular complexity index is 1070. The maximum atomic E-state index is 14.2. The largest absolute Gasteiger partial charge is 0.387 e. The lowest BCUT2D eigenvalue weighted by atomic mass is 9.96. The number of nitrogens with zero attached hydrogens (tertiary/aromatic N) is 4. The first-order valence-electron chi connectivity index (χ1n) is 10.0. The van der Waals surface area contributed by atoms with Gasteiger partial charge < -0.3 is 9.64 Å². The lowest BCUT2D eigenvalue weighted by Crippen LogP contribution is -2.28. The first-order chi connectivity index (χ1) is 14.4. The third-order valence-corrected chi connectivity index (χ3v) is 6.61. The van der Waals surface area contributed by atoms with Crippen LogP contribution >= 0.6 is 0 Å². The van der Waals surface area contributed by atoms with Gasteiger partial charge in [0.05, 0.1) is 11.7 Å². The zero-order valence-electron chi connectivity index (χ0n) is 19.0. The Morgan fingerprint density at radius 2 is 1.87 bits per heavy atom. The predicted molar refractivity (Wildman–Crippen MR) is 115 cm³/mol. The van der Waals surface area contributed by atoms with E-state index in [2.05, 4.69) is 9.82 Å². The Balaban J connectivity index is 2.44. The van der Waals surface area contributed by atoms with E-state index in [9.17, 15) is 12.8 Å². The van der Waals surface area contributed by atoms with Crippen LogP contribution in [0, 0.1) is 17.3 Å². The van der Waals surface area contributed by atoms with Crippen molar-refractivity contribution in [3.8, 4) is 12.0 Å². The second-order valence-electron chi connectivity index (χ2n) is 8.02. The van der Waals surface area contributed by atoms with Crippen molar-refractivity contribution in [2.45, 2.75) is 57.1 Å². The van der Waals surface area contributed by atoms with Crippen molar-refractivity contribution in [3.05, 3.63) is 40.8 Å². The molecule has 0 spiro atoms. The monoisotopic (exact) mass is 451 g/mol. The van der Waals surface area contributed by atoms with Gasteiger partial charge in [-0.2, -0.15) is 5.10 Å². The SMILES string of the molecule is CCC(c1cc(S(=O)(=O)NC(C)c2cc(F)cc(C(C)C)c2OC#N)nn1C)N(C)C. The number of nitriles is 1. The topological polar surface area (TPSA) is 100 Å². The van der Waals surface area contributed by atoms with Gasteiger partial charge in [-0.3, -0.25) is 4.68 Å². The van der Waals surface area contributed by atoms with Crippen molar-refractivity contribution in [3.63, 3.8) is 0 Å². The molecule has 1 aromatic heterocycles. The molecule has 2 rings (SSSR count). The van der Waals surface area contributed by atoms with Gasteiger partial charge in [-0.25, -0.2) is 17.5 Å². The summed E-state index contributed by atoms with van der Waals surface area (Å²) in [6.07, 6.45) is 2.39. The Kier molecular flexibility index (Phi) is 7.81. The molecule has 0 radical (unpaired) electrons. The van der Waals surface area contributed by atoms with Gasteiger partial charge in [0.1, 0.15) is 5.82 Å². The first-order valence-corrected chi connectivity index (χ1v) is 11.5. The van der Waals surface area contributed by atoms with Gasteiger partial charge in [0.25, 0.3) is 16.3 Å². The number of sulfonamides is 1. The molecule has 0 aliphatic heterocycles. The number of hydrogen-bond acceptors (Lipinski definition) is 6. The molecule has 0 bridgehead atoms. The Labute approximate surface area is 183 Å². The van der Waals surface area contributed by atoms with Crippen LogP contribution < -0.4 is 9.46 Å². The van der Waals surface area contributed by atoms with E-state index in [0.717, 1.165) is 12.1 Å². The van der Waals surface area contributed by atoms with Crippen molar-refractivity contribution < 1.29 is 17.5 Å². The maximum Gasteiger partial charge on any atom is 0.292 e. The summed E-state index contributed by atoms with van der Waals surface area (Å²) in [5, 5.41) is 13.1. The highest BCUT2D eigenvalue weighted by Gasteiger charge is 2.28. The van der Waals surface area contributed by atoms with Crippen LogP contribution in [-0.4, -0.2) is 37.2 Å². The van der Waals surface area contributed by atoms with Crippen LogP contribution in [0.4, 0.5) is 4.39 Å². The van der Waals surface area contributed by atoms with Crippen molar-refractivity contribution in [2.24, 2.45) is 7.05 Å². The minimum absolute atomic E-state index is 0.00586. The van der Waals surface area contributed by atoms with Crippen LogP contribution in [0.3, 0.4) is 0 Å². The molecule has 2 unspecified atom stereocenters. The fourth-order valence-corrected chi connectivity index (χ4v) is 4.86. The molecule has 0 fully saturated rings. The van der Waals surface area contributed by atoms with Crippen molar-refractivity contribution in [1.82, 2.24) is 19.4 Å². The van der Waals surface area contributed by atoms with Gasteiger partial charge in [0.2, 0.25) is 0 Å². The van der Waals surface area contributed by atoms with Gasteiger partial charge in [-0.05, 0) is 45.5 Å². The van der Waals surface area contributed by atoms with E-state index in [1.54, 1.807) is 31.0 Å². The zero-order valence-corrected chi connectivity index (χ0v) is 19.8. The Hall–Kier alpha value is -2.48. The van der Waals surface area contributed by atoms with E-state index >= 15 is 0 Å². The zero-order chi connectivity index (χ0) is 23.5. The van der Waals surface area contributed by atoms with Crippen LogP contribution in [-0.2, 0) is 17.1 Å². The van der Waals surface area contributed by atoms with Crippen LogP contribution in [0.25, 0.3) is 0 Å². The normalized spacial score (nSPS) is 14.0. The lowest BCUT2D eigenvalue weighted by Gasteiger charge is -2.22. The molecule has 0 saturated carbocycles. The van der Waals surface area contributed by atoms with Crippen LogP contribution in [0.5, 0.6) is 5.75 Å². The number of hydrogen-bond donors (Lipinski definition) is 1. The minimum atomic E-state index is -4.02. The predicted octanol–water partition coefficient (Wildman–Crippen LogP) is 3.59. The van der Waals surface area contributed by atoms with Crippen molar-refractivity contribution in [1.29, 1.82) is 5.26 Å². The molecule has 0 amide bonds. The summed E-state index contributed by atoms with van der Waals surface area (Å²) in [6, 6.07) is 3.16. The molecule has 8 nitrogen and oxygen atoms in total. The highest BCUT2D eigenvalue weighted by atomic mass is 32.2. The smallest absolute Gasteiger partial charge is 0.292 e. The molecule has 1 aromatic carbocycles. The van der Waals surface area contributed by atoms with E-state index in [4.69, 9.17) is 10.00 Å². The van der Waals surface area contributed by atoms with Crippen LogP contribution in [0.2, 0.25) is 0 Å². The average Bonchev–Trinajstić information content (AvgIpc) is 3.05. The number of ether oxygens (including phenoxy) is 1. The minimum Gasteiger partial charge on any atom is -0.387 e. The molecule has 10 heteroatoms. The standard InChI is InChI=1S/C21H30FN5O3S/c1-8-18(26(5)6)19-11-20(24-27(19)7)31(28,29)25-14(4)17-10-15(22)9-16(13(2)3)21(17)30-12-23/h9-11,13-14,18,25H,8H2,1-7H3. The van der Waals surface area contributed by atoms with Crippen LogP contribution in [0.1, 0.15) is 68.9 Å². The van der Waals surface area contributed by atoms with Gasteiger partial charge >= 0.3 is 0 Å². The summed E-state index contributed by atoms with van der Waals surface area (Å²) >= 11 is 0. The summed E-state index contributed by atoms with van der Waals surface area (Å²) in [5.74, 6) is -0.502. The third kappa shape index (κ3) is 5.42. The summed E-state index contributed by atoms with van der Waals surface area (Å²) in [4.78, 5) is 2.00. The number of nitrogens with one attached hydrogen (secondary N) is 1. The van der Waals surface area contributed by atoms with E-state index in [1.807, 2.05) is 39.8 Å². The number of aromatic nitrogens is 2. The Morgan fingerprint density at radius 1 is 1.26 bits per heavy atom. The second-order valence-corrected chi connectivity index (χ2v) is 9.68. The molecular formula is C21H30FN5O3S. The molecule has 1 heterocycles. The van der Waals surface area contributed by atoms with Crippen molar-refractivity contribution in [2.75, 3.05) is 14.1 Å². The molecule has 2 atom stereocenters. The molecule has 170 valence electrons. The van der Waals surface area contributed by atoms with E-state index in [0.29, 0.717) is 5.56 Å².